The summed E-state index contributed by atoms with van der Waals surface area (Å²) in [5, 5.41) is 17.0. The van der Waals surface area contributed by atoms with Crippen LogP contribution in [-0.4, -0.2) is 16.1 Å². The second kappa shape index (κ2) is 3.65. The number of nitrogens with two attached hydrogens (primary N) is 1. The summed E-state index contributed by atoms with van der Waals surface area (Å²) < 4.78 is 0. The van der Waals surface area contributed by atoms with Gasteiger partial charge in [-0.1, -0.05) is 0 Å². The first kappa shape index (κ1) is 9.16. The van der Waals surface area contributed by atoms with Gasteiger partial charge in [0.25, 0.3) is 0 Å². The fraction of sp³-hybridized carbons (Fsp3) is 0.125. The molecule has 0 amide bonds. The van der Waals surface area contributed by atoms with E-state index < -0.39 is 12.0 Å². The number of carbonyl (C=O) groups is 1. The standard InChI is InChI=1S/C8H7N3O2/c9-3-5-1-2-6(11-4-5)7(10)8(12)13/h1-2,4,7H,10H2,(H,12,13)/t7-/m0/s1. The van der Waals surface area contributed by atoms with Crippen LogP contribution < -0.4 is 5.73 Å². The molecule has 1 atom stereocenters. The van der Waals surface area contributed by atoms with Crippen molar-refractivity contribution < 1.29 is 9.90 Å². The van der Waals surface area contributed by atoms with Crippen LogP contribution in [0.1, 0.15) is 17.3 Å². The van der Waals surface area contributed by atoms with Crippen molar-refractivity contribution in [2.75, 3.05) is 0 Å². The van der Waals surface area contributed by atoms with Gasteiger partial charge in [0.2, 0.25) is 0 Å². The summed E-state index contributed by atoms with van der Waals surface area (Å²) in [6, 6.07) is 3.65. The molecule has 1 aromatic rings. The Morgan fingerprint density at radius 2 is 2.38 bits per heavy atom. The lowest BCUT2D eigenvalue weighted by atomic mass is 10.2. The summed E-state index contributed by atoms with van der Waals surface area (Å²) >= 11 is 0. The summed E-state index contributed by atoms with van der Waals surface area (Å²) in [5.41, 5.74) is 5.90. The van der Waals surface area contributed by atoms with Crippen molar-refractivity contribution in [3.8, 4) is 6.07 Å². The average Bonchev–Trinajstić information content (AvgIpc) is 2.17. The molecule has 0 saturated carbocycles. The number of aromatic nitrogens is 1. The monoisotopic (exact) mass is 177 g/mol. The number of aliphatic carboxylic acids is 1. The SMILES string of the molecule is N#Cc1ccc([C@H](N)C(=O)O)nc1. The molecule has 0 spiro atoms. The predicted octanol–water partition coefficient (Wildman–Crippen LogP) is 0.0377. The molecule has 0 unspecified atom stereocenters. The molecule has 5 heteroatoms. The molecule has 0 aromatic carbocycles. The highest BCUT2D eigenvalue weighted by Gasteiger charge is 2.14. The highest BCUT2D eigenvalue weighted by molar-refractivity contribution is 5.74. The maximum atomic E-state index is 10.4. The fourth-order valence-corrected chi connectivity index (χ4v) is 0.782. The van der Waals surface area contributed by atoms with Gasteiger partial charge in [0.15, 0.2) is 0 Å². The van der Waals surface area contributed by atoms with E-state index in [1.54, 1.807) is 0 Å². The van der Waals surface area contributed by atoms with E-state index in [9.17, 15) is 4.79 Å². The number of hydrogen-bond donors (Lipinski definition) is 2. The quantitative estimate of drug-likeness (QED) is 0.664. The van der Waals surface area contributed by atoms with Crippen LogP contribution >= 0.6 is 0 Å². The Bertz CT molecular complexity index is 353. The van der Waals surface area contributed by atoms with Crippen molar-refractivity contribution in [1.29, 1.82) is 5.26 Å². The van der Waals surface area contributed by atoms with Crippen LogP contribution in [0.2, 0.25) is 0 Å². The maximum absolute atomic E-state index is 10.4. The predicted molar refractivity (Wildman–Crippen MR) is 43.5 cm³/mol. The Morgan fingerprint density at radius 3 is 2.77 bits per heavy atom. The first-order chi connectivity index (χ1) is 6.15. The molecule has 0 radical (unpaired) electrons. The van der Waals surface area contributed by atoms with Crippen molar-refractivity contribution in [2.24, 2.45) is 5.73 Å². The van der Waals surface area contributed by atoms with Gasteiger partial charge >= 0.3 is 5.97 Å². The van der Waals surface area contributed by atoms with Gasteiger partial charge in [-0.05, 0) is 12.1 Å². The Balaban J connectivity index is 2.93. The topological polar surface area (TPSA) is 100 Å². The zero-order valence-corrected chi connectivity index (χ0v) is 6.64. The van der Waals surface area contributed by atoms with Gasteiger partial charge in [-0.15, -0.1) is 0 Å². The molecule has 1 aromatic heterocycles. The Hall–Kier alpha value is -1.93. The van der Waals surface area contributed by atoms with E-state index in [4.69, 9.17) is 16.1 Å². The molecule has 66 valence electrons. The van der Waals surface area contributed by atoms with Crippen molar-refractivity contribution in [2.45, 2.75) is 6.04 Å². The molecule has 0 aliphatic heterocycles. The number of carboxylic acid groups (broad SMARTS) is 1. The molecule has 13 heavy (non-hydrogen) atoms. The van der Waals surface area contributed by atoms with Crippen LogP contribution in [0.15, 0.2) is 18.3 Å². The van der Waals surface area contributed by atoms with Crippen molar-refractivity contribution >= 4 is 5.97 Å². The van der Waals surface area contributed by atoms with Crippen LogP contribution in [-0.2, 0) is 4.79 Å². The molecule has 0 saturated heterocycles. The molecule has 0 aliphatic rings. The highest BCUT2D eigenvalue weighted by atomic mass is 16.4. The van der Waals surface area contributed by atoms with Gasteiger partial charge in [-0.25, -0.2) is 0 Å². The molecular formula is C8H7N3O2. The highest BCUT2D eigenvalue weighted by Crippen LogP contribution is 2.07. The minimum absolute atomic E-state index is 0.242. The van der Waals surface area contributed by atoms with E-state index in [1.165, 1.54) is 18.3 Å². The third-order valence-electron chi connectivity index (χ3n) is 1.50. The molecule has 1 heterocycles. The van der Waals surface area contributed by atoms with Gasteiger partial charge < -0.3 is 10.8 Å². The van der Waals surface area contributed by atoms with Crippen molar-refractivity contribution in [1.82, 2.24) is 4.98 Å². The number of rotatable bonds is 2. The van der Waals surface area contributed by atoms with Crippen LogP contribution in [0.3, 0.4) is 0 Å². The molecule has 3 N–H and O–H groups in total. The normalized spacial score (nSPS) is 11.7. The Kier molecular flexibility index (Phi) is 2.57. The van der Waals surface area contributed by atoms with E-state index in [0.717, 1.165) is 0 Å². The largest absolute Gasteiger partial charge is 0.480 e. The first-order valence-electron chi connectivity index (χ1n) is 3.49. The minimum Gasteiger partial charge on any atom is -0.480 e. The van der Waals surface area contributed by atoms with Crippen LogP contribution in [0.5, 0.6) is 0 Å². The molecule has 5 nitrogen and oxygen atoms in total. The third-order valence-corrected chi connectivity index (χ3v) is 1.50. The zero-order chi connectivity index (χ0) is 9.84. The summed E-state index contributed by atoms with van der Waals surface area (Å²) in [5.74, 6) is -1.14. The smallest absolute Gasteiger partial charge is 0.326 e. The van der Waals surface area contributed by atoms with Gasteiger partial charge in [0, 0.05) is 6.20 Å². The fourth-order valence-electron chi connectivity index (χ4n) is 0.782. The third kappa shape index (κ3) is 2.01. The average molecular weight is 177 g/mol. The van der Waals surface area contributed by atoms with Crippen LogP contribution in [0.25, 0.3) is 0 Å². The van der Waals surface area contributed by atoms with Gasteiger partial charge in [0.05, 0.1) is 11.3 Å². The lowest BCUT2D eigenvalue weighted by Gasteiger charge is -2.04. The van der Waals surface area contributed by atoms with E-state index in [2.05, 4.69) is 4.98 Å². The molecule has 1 rings (SSSR count). The Labute approximate surface area is 74.4 Å². The molecular weight excluding hydrogens is 170 g/mol. The summed E-state index contributed by atoms with van der Waals surface area (Å²) in [6.07, 6.45) is 1.29. The number of hydrogen-bond acceptors (Lipinski definition) is 4. The van der Waals surface area contributed by atoms with Crippen molar-refractivity contribution in [3.05, 3.63) is 29.6 Å². The van der Waals surface area contributed by atoms with Crippen molar-refractivity contribution in [3.63, 3.8) is 0 Å². The number of nitrogens with zero attached hydrogens (tertiary/aromatic N) is 2. The molecule has 0 bridgehead atoms. The summed E-state index contributed by atoms with van der Waals surface area (Å²) in [4.78, 5) is 14.2. The van der Waals surface area contributed by atoms with E-state index in [-0.39, 0.29) is 5.69 Å². The second-order valence-corrected chi connectivity index (χ2v) is 2.40. The second-order valence-electron chi connectivity index (χ2n) is 2.40. The Morgan fingerprint density at radius 1 is 1.69 bits per heavy atom. The van der Waals surface area contributed by atoms with E-state index >= 15 is 0 Å². The zero-order valence-electron chi connectivity index (χ0n) is 6.64. The summed E-state index contributed by atoms with van der Waals surface area (Å²) in [7, 11) is 0. The van der Waals surface area contributed by atoms with E-state index in [1.807, 2.05) is 6.07 Å². The number of pyridine rings is 1. The summed E-state index contributed by atoms with van der Waals surface area (Å²) in [6.45, 7) is 0. The number of carboxylic acids is 1. The van der Waals surface area contributed by atoms with Gasteiger partial charge in [-0.3, -0.25) is 9.78 Å². The lowest BCUT2D eigenvalue weighted by Crippen LogP contribution is -2.21. The molecule has 0 fully saturated rings. The van der Waals surface area contributed by atoms with Crippen LogP contribution in [0, 0.1) is 11.3 Å². The minimum atomic E-state index is -1.14. The van der Waals surface area contributed by atoms with E-state index in [0.29, 0.717) is 5.56 Å². The lowest BCUT2D eigenvalue weighted by molar-refractivity contribution is -0.138. The first-order valence-corrected chi connectivity index (χ1v) is 3.49. The van der Waals surface area contributed by atoms with Crippen LogP contribution in [0.4, 0.5) is 0 Å². The van der Waals surface area contributed by atoms with Gasteiger partial charge in [-0.2, -0.15) is 5.26 Å². The molecule has 0 aliphatic carbocycles. The van der Waals surface area contributed by atoms with Gasteiger partial charge in [0.1, 0.15) is 12.1 Å². The number of nitriles is 1. The maximum Gasteiger partial charge on any atom is 0.326 e.